The van der Waals surface area contributed by atoms with Gasteiger partial charge in [-0.15, -0.1) is 0 Å². The molecule has 1 N–H and O–H groups in total. The number of carbonyl (C=O) groups is 1. The van der Waals surface area contributed by atoms with Crippen molar-refractivity contribution in [3.05, 3.63) is 46.1 Å². The Bertz CT molecular complexity index is 914. The molecule has 0 radical (unpaired) electrons. The van der Waals surface area contributed by atoms with Crippen LogP contribution in [0.1, 0.15) is 21.9 Å². The molecule has 0 aliphatic carbocycles. The Morgan fingerprint density at radius 3 is 3.04 bits per heavy atom. The summed E-state index contributed by atoms with van der Waals surface area (Å²) < 4.78 is 2.42. The van der Waals surface area contributed by atoms with E-state index in [-0.39, 0.29) is 5.91 Å². The van der Waals surface area contributed by atoms with Gasteiger partial charge in [0.2, 0.25) is 0 Å². The molecular formula is C15H15BrN6O. The first-order valence-electron chi connectivity index (χ1n) is 7.28. The van der Waals surface area contributed by atoms with Crippen LogP contribution in [0.3, 0.4) is 0 Å². The lowest BCUT2D eigenvalue weighted by Crippen LogP contribution is -2.48. The van der Waals surface area contributed by atoms with Crippen molar-refractivity contribution < 1.29 is 4.79 Å². The largest absolute Gasteiger partial charge is 0.361 e. The van der Waals surface area contributed by atoms with Gasteiger partial charge in [0, 0.05) is 49.9 Å². The first-order chi connectivity index (χ1) is 11.0. The number of hydrogen-bond donors (Lipinski definition) is 1. The zero-order chi connectivity index (χ0) is 16.1. The number of anilines is 1. The third-order valence-electron chi connectivity index (χ3n) is 4.03. The Morgan fingerprint density at radius 2 is 2.22 bits per heavy atom. The number of fused-ring (bicyclic) bond motifs is 2. The van der Waals surface area contributed by atoms with Crippen molar-refractivity contribution in [1.82, 2.24) is 24.6 Å². The van der Waals surface area contributed by atoms with Crippen LogP contribution in [0.15, 0.2) is 29.0 Å². The molecule has 3 aromatic heterocycles. The van der Waals surface area contributed by atoms with Gasteiger partial charge in [0.1, 0.15) is 0 Å². The van der Waals surface area contributed by atoms with Gasteiger partial charge in [-0.3, -0.25) is 9.80 Å². The number of aromatic amines is 1. The zero-order valence-electron chi connectivity index (χ0n) is 12.7. The molecule has 1 aliphatic heterocycles. The number of aromatic nitrogens is 4. The predicted octanol–water partition coefficient (Wildman–Crippen LogP) is 2.18. The van der Waals surface area contributed by atoms with E-state index < -0.39 is 0 Å². The molecule has 118 valence electrons. The number of hydrogen-bond acceptors (Lipinski definition) is 4. The summed E-state index contributed by atoms with van der Waals surface area (Å²) in [6.45, 7) is 2.64. The minimum atomic E-state index is -0.126. The van der Waals surface area contributed by atoms with Crippen molar-refractivity contribution in [1.29, 1.82) is 0 Å². The van der Waals surface area contributed by atoms with E-state index in [4.69, 9.17) is 0 Å². The number of H-pyrrole nitrogens is 1. The summed E-state index contributed by atoms with van der Waals surface area (Å²) in [6, 6.07) is 3.76. The molecule has 3 aromatic rings. The van der Waals surface area contributed by atoms with Gasteiger partial charge in [0.05, 0.1) is 10.2 Å². The molecule has 8 heteroatoms. The van der Waals surface area contributed by atoms with Crippen LogP contribution in [0.2, 0.25) is 0 Å². The molecule has 1 aliphatic rings. The monoisotopic (exact) mass is 374 g/mol. The predicted molar refractivity (Wildman–Crippen MR) is 89.4 cm³/mol. The van der Waals surface area contributed by atoms with Gasteiger partial charge in [-0.25, -0.2) is 14.5 Å². The fraction of sp³-hybridized carbons (Fsp3) is 0.267. The molecule has 1 amide bonds. The highest BCUT2D eigenvalue weighted by Gasteiger charge is 2.29. The fourth-order valence-electron chi connectivity index (χ4n) is 2.94. The maximum Gasteiger partial charge on any atom is 0.292 e. The summed E-state index contributed by atoms with van der Waals surface area (Å²) in [5.74, 6) is -0.126. The average molecular weight is 375 g/mol. The lowest BCUT2D eigenvalue weighted by molar-refractivity contribution is 0.0732. The Balaban J connectivity index is 1.68. The van der Waals surface area contributed by atoms with Gasteiger partial charge < -0.3 is 4.98 Å². The summed E-state index contributed by atoms with van der Waals surface area (Å²) in [5.41, 5.74) is 4.33. The van der Waals surface area contributed by atoms with Crippen molar-refractivity contribution in [2.45, 2.75) is 13.3 Å². The third kappa shape index (κ3) is 2.29. The molecule has 0 bridgehead atoms. The molecular weight excluding hydrogens is 360 g/mol. The quantitative estimate of drug-likeness (QED) is 0.708. The Hall–Kier alpha value is -2.35. The molecule has 0 aromatic carbocycles. The number of nitrogens with zero attached hydrogens (tertiary/aromatic N) is 5. The van der Waals surface area contributed by atoms with Gasteiger partial charge in [0.15, 0.2) is 11.3 Å². The van der Waals surface area contributed by atoms with E-state index >= 15 is 0 Å². The van der Waals surface area contributed by atoms with Crippen LogP contribution in [-0.4, -0.2) is 44.1 Å². The maximum atomic E-state index is 12.8. The van der Waals surface area contributed by atoms with E-state index in [0.717, 1.165) is 28.0 Å². The number of halogens is 1. The van der Waals surface area contributed by atoms with E-state index in [1.54, 1.807) is 28.0 Å². The number of carbonyl (C=O) groups excluding carboxylic acids is 1. The number of amides is 1. The van der Waals surface area contributed by atoms with Crippen molar-refractivity contribution in [3.8, 4) is 0 Å². The maximum absolute atomic E-state index is 12.8. The van der Waals surface area contributed by atoms with Crippen LogP contribution in [0, 0.1) is 6.92 Å². The van der Waals surface area contributed by atoms with E-state index in [2.05, 4.69) is 37.1 Å². The number of aryl methyl sites for hydroxylation is 1. The highest BCUT2D eigenvalue weighted by atomic mass is 79.9. The minimum absolute atomic E-state index is 0.126. The molecule has 0 unspecified atom stereocenters. The molecule has 0 spiro atoms. The molecule has 4 rings (SSSR count). The molecule has 4 heterocycles. The smallest absolute Gasteiger partial charge is 0.292 e. The second-order valence-electron chi connectivity index (χ2n) is 5.62. The van der Waals surface area contributed by atoms with Crippen molar-refractivity contribution in [2.75, 3.05) is 18.6 Å². The first-order valence-corrected chi connectivity index (χ1v) is 8.07. The van der Waals surface area contributed by atoms with E-state index in [0.29, 0.717) is 17.9 Å². The average Bonchev–Trinajstić information content (AvgIpc) is 3.09. The van der Waals surface area contributed by atoms with E-state index in [1.807, 2.05) is 19.0 Å². The van der Waals surface area contributed by atoms with E-state index in [1.165, 1.54) is 0 Å². The Kier molecular flexibility index (Phi) is 3.15. The number of nitrogens with one attached hydrogen (secondary N) is 1. The van der Waals surface area contributed by atoms with Gasteiger partial charge in [0.25, 0.3) is 5.91 Å². The summed E-state index contributed by atoms with van der Waals surface area (Å²) in [7, 11) is 1.90. The molecule has 0 saturated carbocycles. The highest BCUT2D eigenvalue weighted by Crippen LogP contribution is 2.28. The van der Waals surface area contributed by atoms with Gasteiger partial charge in [-0.05, 0) is 28.9 Å². The van der Waals surface area contributed by atoms with E-state index in [9.17, 15) is 4.79 Å². The van der Waals surface area contributed by atoms with Crippen molar-refractivity contribution in [3.63, 3.8) is 0 Å². The van der Waals surface area contributed by atoms with Crippen LogP contribution in [0.4, 0.5) is 5.69 Å². The van der Waals surface area contributed by atoms with Crippen LogP contribution in [0.25, 0.3) is 5.65 Å². The zero-order valence-corrected chi connectivity index (χ0v) is 14.3. The number of rotatable bonds is 1. The lowest BCUT2D eigenvalue weighted by Gasteiger charge is -2.36. The van der Waals surface area contributed by atoms with Crippen LogP contribution in [0.5, 0.6) is 0 Å². The topological polar surface area (TPSA) is 69.5 Å². The molecule has 0 saturated heterocycles. The van der Waals surface area contributed by atoms with Gasteiger partial charge in [-0.2, -0.15) is 5.10 Å². The highest BCUT2D eigenvalue weighted by molar-refractivity contribution is 9.10. The van der Waals surface area contributed by atoms with Crippen LogP contribution in [-0.2, 0) is 6.42 Å². The first kappa shape index (κ1) is 14.3. The summed E-state index contributed by atoms with van der Waals surface area (Å²) in [6.07, 6.45) is 4.27. The van der Waals surface area contributed by atoms with Crippen molar-refractivity contribution in [2.24, 2.45) is 0 Å². The van der Waals surface area contributed by atoms with Crippen molar-refractivity contribution >= 4 is 33.2 Å². The molecule has 23 heavy (non-hydrogen) atoms. The second kappa shape index (κ2) is 5.09. The summed E-state index contributed by atoms with van der Waals surface area (Å²) in [5, 5.41) is 7.94. The van der Waals surface area contributed by atoms with Crippen LogP contribution >= 0.6 is 15.9 Å². The normalized spacial score (nSPS) is 14.4. The lowest BCUT2D eigenvalue weighted by atomic mass is 10.2. The molecule has 0 fully saturated rings. The third-order valence-corrected chi connectivity index (χ3v) is 4.44. The van der Waals surface area contributed by atoms with Gasteiger partial charge in [-0.1, -0.05) is 0 Å². The standard InChI is InChI=1S/C15H15BrN6O/c1-9-5-13-11(18-9)3-4-22(20(13)2)15(23)12-6-14-17-7-10(16)8-21(14)19-12/h5-8,18H,3-4H2,1-2H3. The summed E-state index contributed by atoms with van der Waals surface area (Å²) >= 11 is 3.35. The minimum Gasteiger partial charge on any atom is -0.361 e. The Morgan fingerprint density at radius 1 is 1.39 bits per heavy atom. The number of hydrazine groups is 1. The second-order valence-corrected chi connectivity index (χ2v) is 6.54. The molecule has 7 nitrogen and oxygen atoms in total. The Labute approximate surface area is 141 Å². The SMILES string of the molecule is Cc1cc2c([nH]1)CCN(C(=O)c1cc3ncc(Br)cn3n1)N2C. The fourth-order valence-corrected chi connectivity index (χ4v) is 3.23. The summed E-state index contributed by atoms with van der Waals surface area (Å²) in [4.78, 5) is 20.4. The van der Waals surface area contributed by atoms with Gasteiger partial charge >= 0.3 is 0 Å². The van der Waals surface area contributed by atoms with Crippen LogP contribution < -0.4 is 5.01 Å². The molecule has 0 atom stereocenters.